The van der Waals surface area contributed by atoms with E-state index in [1.807, 2.05) is 6.08 Å². The second-order valence-electron chi connectivity index (χ2n) is 14.6. The zero-order chi connectivity index (χ0) is 32.1. The van der Waals surface area contributed by atoms with Crippen molar-refractivity contribution in [2.24, 2.45) is 16.7 Å². The van der Waals surface area contributed by atoms with E-state index < -0.39 is 0 Å². The van der Waals surface area contributed by atoms with E-state index in [9.17, 15) is 10.2 Å². The summed E-state index contributed by atoms with van der Waals surface area (Å²) < 4.78 is 6.25. The van der Waals surface area contributed by atoms with Crippen LogP contribution < -0.4 is 0 Å². The smallest absolute Gasteiger partial charge is 0.121 e. The Labute approximate surface area is 262 Å². The molecule has 1 aliphatic heterocycles. The Hall–Kier alpha value is -2.72. The number of epoxide rings is 1. The molecule has 0 spiro atoms. The SMILES string of the molecule is CC1=C[C@H](O)CC(C)(C)[C@H]1/C=C/C(C)=C/C=C/C(C)=C/C=C/C=C(C)/C=C/C=C(C)/C=C/[C@@]12O[C@]1(C)C[C@H](O)CC2(C)C. The van der Waals surface area contributed by atoms with Crippen molar-refractivity contribution in [1.29, 1.82) is 0 Å². The third kappa shape index (κ3) is 8.91. The van der Waals surface area contributed by atoms with Gasteiger partial charge in [-0.1, -0.05) is 141 Å². The molecule has 3 rings (SSSR count). The van der Waals surface area contributed by atoms with E-state index in [-0.39, 0.29) is 34.2 Å². The zero-order valence-corrected chi connectivity index (χ0v) is 28.3. The van der Waals surface area contributed by atoms with Crippen LogP contribution in [0.2, 0.25) is 0 Å². The van der Waals surface area contributed by atoms with Crippen molar-refractivity contribution in [2.75, 3.05) is 0 Å². The van der Waals surface area contributed by atoms with Crippen LogP contribution in [0.5, 0.6) is 0 Å². The topological polar surface area (TPSA) is 53.0 Å². The average Bonchev–Trinajstić information content (AvgIpc) is 3.49. The Morgan fingerprint density at radius 1 is 0.721 bits per heavy atom. The fourth-order valence-electron chi connectivity index (χ4n) is 7.07. The molecule has 3 heteroatoms. The van der Waals surface area contributed by atoms with Gasteiger partial charge in [0.15, 0.2) is 0 Å². The zero-order valence-electron chi connectivity index (χ0n) is 28.3. The molecule has 0 unspecified atom stereocenters. The molecule has 1 heterocycles. The molecule has 0 aromatic heterocycles. The van der Waals surface area contributed by atoms with Gasteiger partial charge in [0.1, 0.15) is 11.2 Å². The highest BCUT2D eigenvalue weighted by Gasteiger charge is 2.74. The highest BCUT2D eigenvalue weighted by Crippen LogP contribution is 2.66. The number of hydrogen-bond donors (Lipinski definition) is 2. The molecule has 1 saturated carbocycles. The van der Waals surface area contributed by atoms with Crippen molar-refractivity contribution in [3.63, 3.8) is 0 Å². The fourth-order valence-corrected chi connectivity index (χ4v) is 7.07. The minimum absolute atomic E-state index is 0.0547. The van der Waals surface area contributed by atoms with E-state index in [1.54, 1.807) is 0 Å². The van der Waals surface area contributed by atoms with Crippen LogP contribution in [0.25, 0.3) is 0 Å². The van der Waals surface area contributed by atoms with Gasteiger partial charge in [-0.3, -0.25) is 0 Å². The van der Waals surface area contributed by atoms with Crippen molar-refractivity contribution < 1.29 is 14.9 Å². The van der Waals surface area contributed by atoms with Gasteiger partial charge in [-0.15, -0.1) is 0 Å². The molecule has 2 N–H and O–H groups in total. The van der Waals surface area contributed by atoms with Crippen molar-refractivity contribution in [3.8, 4) is 0 Å². The van der Waals surface area contributed by atoms with Gasteiger partial charge in [0.2, 0.25) is 0 Å². The molecule has 2 aliphatic carbocycles. The molecule has 0 bridgehead atoms. The highest BCUT2D eigenvalue weighted by molar-refractivity contribution is 5.37. The lowest BCUT2D eigenvalue weighted by atomic mass is 9.63. The van der Waals surface area contributed by atoms with E-state index >= 15 is 0 Å². The number of aliphatic hydroxyl groups excluding tert-OH is 2. The van der Waals surface area contributed by atoms with Crippen molar-refractivity contribution in [2.45, 2.75) is 112 Å². The van der Waals surface area contributed by atoms with E-state index in [1.165, 1.54) is 27.9 Å². The average molecular weight is 585 g/mol. The lowest BCUT2D eigenvalue weighted by Crippen LogP contribution is -2.46. The summed E-state index contributed by atoms with van der Waals surface area (Å²) in [7, 11) is 0. The van der Waals surface area contributed by atoms with Crippen LogP contribution in [0.1, 0.15) is 88.5 Å². The van der Waals surface area contributed by atoms with Crippen molar-refractivity contribution in [3.05, 3.63) is 119 Å². The summed E-state index contributed by atoms with van der Waals surface area (Å²) in [4.78, 5) is 0. The summed E-state index contributed by atoms with van der Waals surface area (Å²) in [6.07, 6.45) is 33.5. The summed E-state index contributed by atoms with van der Waals surface area (Å²) in [5.74, 6) is 0.345. The summed E-state index contributed by atoms with van der Waals surface area (Å²) in [5, 5.41) is 20.3. The Morgan fingerprint density at radius 2 is 1.23 bits per heavy atom. The number of hydrogen-bond acceptors (Lipinski definition) is 3. The van der Waals surface area contributed by atoms with E-state index in [0.29, 0.717) is 12.3 Å². The highest BCUT2D eigenvalue weighted by atomic mass is 16.6. The number of fused-ring (bicyclic) bond motifs is 1. The first-order chi connectivity index (χ1) is 20.0. The Balaban J connectivity index is 1.49. The molecule has 0 aromatic rings. The van der Waals surface area contributed by atoms with Gasteiger partial charge < -0.3 is 14.9 Å². The predicted octanol–water partition coefficient (Wildman–Crippen LogP) is 9.61. The van der Waals surface area contributed by atoms with Crippen molar-refractivity contribution >= 4 is 0 Å². The monoisotopic (exact) mass is 584 g/mol. The van der Waals surface area contributed by atoms with Gasteiger partial charge >= 0.3 is 0 Å². The number of ether oxygens (including phenoxy) is 1. The van der Waals surface area contributed by atoms with Gasteiger partial charge in [0, 0.05) is 17.8 Å². The summed E-state index contributed by atoms with van der Waals surface area (Å²) in [5.41, 5.74) is 5.38. The van der Waals surface area contributed by atoms with Crippen LogP contribution in [0, 0.1) is 16.7 Å². The second-order valence-corrected chi connectivity index (χ2v) is 14.6. The van der Waals surface area contributed by atoms with E-state index in [2.05, 4.69) is 154 Å². The molecule has 0 amide bonds. The normalized spacial score (nSPS) is 33.8. The van der Waals surface area contributed by atoms with Crippen LogP contribution in [0.4, 0.5) is 0 Å². The maximum atomic E-state index is 10.2. The van der Waals surface area contributed by atoms with Gasteiger partial charge in [0.05, 0.1) is 12.2 Å². The lowest BCUT2D eigenvalue weighted by Gasteiger charge is -2.39. The lowest BCUT2D eigenvalue weighted by molar-refractivity contribution is 0.0515. The first-order valence-corrected chi connectivity index (χ1v) is 15.8. The molecule has 1 saturated heterocycles. The standard InChI is InChI=1S/C40H56O3/c1-29(17-13-19-31(3)21-22-36-33(5)25-34(41)26-37(36,6)7)15-11-12-16-30(2)18-14-20-32(4)23-24-40-38(8,9)27-35(42)28-39(40,10)43-40/h11-25,34-36,41-42H,26-28H2,1-10H3/b12-11+,17-13+,18-14+,22-21+,24-23+,29-15+,30-16+,31-19+,32-20+/t34-,35+,36-,39+,40-/m0/s1. The first kappa shape index (κ1) is 34.8. The van der Waals surface area contributed by atoms with Gasteiger partial charge in [-0.25, -0.2) is 0 Å². The molecular weight excluding hydrogens is 528 g/mol. The molecule has 234 valence electrons. The van der Waals surface area contributed by atoms with Crippen LogP contribution >= 0.6 is 0 Å². The predicted molar refractivity (Wildman–Crippen MR) is 184 cm³/mol. The first-order valence-electron chi connectivity index (χ1n) is 15.8. The Kier molecular flexibility index (Phi) is 11.3. The molecule has 0 radical (unpaired) electrons. The maximum Gasteiger partial charge on any atom is 0.121 e. The van der Waals surface area contributed by atoms with E-state index in [0.717, 1.165) is 12.8 Å². The third-order valence-electron chi connectivity index (χ3n) is 9.43. The summed E-state index contributed by atoms with van der Waals surface area (Å²) >= 11 is 0. The van der Waals surface area contributed by atoms with Crippen molar-refractivity contribution in [1.82, 2.24) is 0 Å². The van der Waals surface area contributed by atoms with Gasteiger partial charge in [-0.2, -0.15) is 0 Å². The van der Waals surface area contributed by atoms with Gasteiger partial charge in [-0.05, 0) is 65.9 Å². The Morgan fingerprint density at radius 3 is 1.77 bits per heavy atom. The molecule has 3 nitrogen and oxygen atoms in total. The molecule has 5 atom stereocenters. The van der Waals surface area contributed by atoms with Crippen LogP contribution in [-0.2, 0) is 4.74 Å². The number of rotatable bonds is 10. The second kappa shape index (κ2) is 13.9. The molecule has 43 heavy (non-hydrogen) atoms. The van der Waals surface area contributed by atoms with Crippen LogP contribution in [0.15, 0.2) is 119 Å². The maximum absolute atomic E-state index is 10.2. The third-order valence-corrected chi connectivity index (χ3v) is 9.43. The number of aliphatic hydroxyl groups is 2. The number of allylic oxidation sites excluding steroid dienone is 18. The van der Waals surface area contributed by atoms with E-state index in [4.69, 9.17) is 4.74 Å². The molecule has 3 aliphatic rings. The minimum atomic E-state index is -0.333. The quantitative estimate of drug-likeness (QED) is 0.153. The Bertz CT molecular complexity index is 1320. The van der Waals surface area contributed by atoms with Crippen LogP contribution in [-0.4, -0.2) is 33.6 Å². The van der Waals surface area contributed by atoms with Crippen LogP contribution in [0.3, 0.4) is 0 Å². The molecule has 0 aromatic carbocycles. The van der Waals surface area contributed by atoms with Gasteiger partial charge in [0.25, 0.3) is 0 Å². The largest absolute Gasteiger partial charge is 0.393 e. The fraction of sp³-hybridized carbons (Fsp3) is 0.500. The molecule has 2 fully saturated rings. The summed E-state index contributed by atoms with van der Waals surface area (Å²) in [6.45, 7) is 21.5. The minimum Gasteiger partial charge on any atom is -0.393 e. The summed E-state index contributed by atoms with van der Waals surface area (Å²) in [6, 6.07) is 0. The molecular formula is C40H56O3.